The molecule has 1 aromatic rings. The van der Waals surface area contributed by atoms with Gasteiger partial charge >= 0.3 is 6.18 Å². The zero-order valence-electron chi connectivity index (χ0n) is 8.06. The van der Waals surface area contributed by atoms with Crippen LogP contribution in [-0.4, -0.2) is 13.8 Å². The van der Waals surface area contributed by atoms with Gasteiger partial charge < -0.3 is 5.32 Å². The number of hydrogen-bond acceptors (Lipinski definition) is 1. The van der Waals surface area contributed by atoms with Crippen LogP contribution in [0.3, 0.4) is 0 Å². The van der Waals surface area contributed by atoms with Gasteiger partial charge in [-0.05, 0) is 24.5 Å². The van der Waals surface area contributed by atoms with Gasteiger partial charge in [-0.25, -0.2) is 0 Å². The lowest BCUT2D eigenvalue weighted by Gasteiger charge is -2.09. The van der Waals surface area contributed by atoms with Gasteiger partial charge in [-0.2, -0.15) is 13.2 Å². The summed E-state index contributed by atoms with van der Waals surface area (Å²) in [6, 6.07) is 4.55. The first kappa shape index (κ1) is 11.6. The zero-order chi connectivity index (χ0) is 11.5. The van der Waals surface area contributed by atoms with Crippen LogP contribution in [0.2, 0.25) is 6.32 Å². The number of amides is 1. The van der Waals surface area contributed by atoms with Crippen molar-refractivity contribution in [3.05, 3.63) is 29.8 Å². The maximum Gasteiger partial charge on any atom is 0.416 e. The number of nitrogens with one attached hydrogen (secondary N) is 1. The molecule has 0 saturated carbocycles. The van der Waals surface area contributed by atoms with Crippen LogP contribution in [0.15, 0.2) is 24.3 Å². The molecule has 1 amide bonds. The van der Waals surface area contributed by atoms with Crippen molar-refractivity contribution < 1.29 is 18.0 Å². The Labute approximate surface area is 85.9 Å². The second-order valence-electron chi connectivity index (χ2n) is 2.98. The summed E-state index contributed by atoms with van der Waals surface area (Å²) < 4.78 is 36.8. The van der Waals surface area contributed by atoms with E-state index in [0.29, 0.717) is 0 Å². The summed E-state index contributed by atoms with van der Waals surface area (Å²) >= 11 is 0. The molecule has 0 aliphatic carbocycles. The lowest BCUT2D eigenvalue weighted by molar-refractivity contribution is -0.137. The minimum absolute atomic E-state index is 0.164. The third kappa shape index (κ3) is 3.30. The molecule has 0 fully saturated rings. The van der Waals surface area contributed by atoms with Gasteiger partial charge in [0.1, 0.15) is 7.85 Å². The Morgan fingerprint density at radius 2 is 2.07 bits per heavy atom. The molecular weight excluding hydrogens is 206 g/mol. The summed E-state index contributed by atoms with van der Waals surface area (Å²) in [4.78, 5) is 10.9. The minimum Gasteiger partial charge on any atom is -0.327 e. The number of alkyl halides is 3. The molecule has 0 aliphatic heterocycles. The molecule has 0 unspecified atom stereocenters. The maximum atomic E-state index is 12.3. The molecule has 80 valence electrons. The highest BCUT2D eigenvalue weighted by molar-refractivity contribution is 6.22. The Morgan fingerprint density at radius 3 is 2.60 bits per heavy atom. The largest absolute Gasteiger partial charge is 0.416 e. The Morgan fingerprint density at radius 1 is 1.40 bits per heavy atom. The molecule has 0 radical (unpaired) electrons. The van der Waals surface area contributed by atoms with E-state index in [1.165, 1.54) is 12.1 Å². The van der Waals surface area contributed by atoms with Crippen molar-refractivity contribution in [3.8, 4) is 0 Å². The van der Waals surface area contributed by atoms with Crippen LogP contribution in [0.1, 0.15) is 5.56 Å². The van der Waals surface area contributed by atoms with Gasteiger partial charge in [0.05, 0.1) is 5.56 Å². The van der Waals surface area contributed by atoms with Crippen LogP contribution >= 0.6 is 0 Å². The first-order valence-corrected chi connectivity index (χ1v) is 4.40. The predicted molar refractivity (Wildman–Crippen MR) is 53.4 cm³/mol. The minimum atomic E-state index is -4.38. The fraction of sp³-hybridized carbons (Fsp3) is 0.222. The summed E-state index contributed by atoms with van der Waals surface area (Å²) in [6.45, 7) is 0. The topological polar surface area (TPSA) is 29.1 Å². The molecule has 0 atom stereocenters. The number of carbonyl (C=O) groups is 1. The summed E-state index contributed by atoms with van der Waals surface area (Å²) in [7, 11) is 1.63. The first-order valence-electron chi connectivity index (χ1n) is 4.40. The summed E-state index contributed by atoms with van der Waals surface area (Å²) in [5.74, 6) is -0.311. The highest BCUT2D eigenvalue weighted by atomic mass is 19.4. The lowest BCUT2D eigenvalue weighted by Crippen LogP contribution is -2.11. The fourth-order valence-corrected chi connectivity index (χ4v) is 1.02. The highest BCUT2D eigenvalue weighted by Gasteiger charge is 2.30. The highest BCUT2D eigenvalue weighted by Crippen LogP contribution is 2.30. The quantitative estimate of drug-likeness (QED) is 0.747. The van der Waals surface area contributed by atoms with Crippen LogP contribution in [0.25, 0.3) is 0 Å². The van der Waals surface area contributed by atoms with Crippen molar-refractivity contribution in [1.82, 2.24) is 0 Å². The average Bonchev–Trinajstić information content (AvgIpc) is 2.17. The van der Waals surface area contributed by atoms with Gasteiger partial charge in [-0.1, -0.05) is 6.07 Å². The molecule has 1 rings (SSSR count). The van der Waals surface area contributed by atoms with E-state index in [1.807, 2.05) is 0 Å². The normalized spacial score (nSPS) is 11.1. The molecule has 15 heavy (non-hydrogen) atoms. The van der Waals surface area contributed by atoms with E-state index in [-0.39, 0.29) is 17.9 Å². The molecule has 0 spiro atoms. The monoisotopic (exact) mass is 215 g/mol. The molecule has 2 nitrogen and oxygen atoms in total. The van der Waals surface area contributed by atoms with Crippen LogP contribution in [0.4, 0.5) is 18.9 Å². The number of carbonyl (C=O) groups excluding carboxylic acids is 1. The smallest absolute Gasteiger partial charge is 0.327 e. The van der Waals surface area contributed by atoms with Gasteiger partial charge in [0.15, 0.2) is 0 Å². The summed E-state index contributed by atoms with van der Waals surface area (Å²) in [6.07, 6.45) is -4.15. The van der Waals surface area contributed by atoms with Gasteiger partial charge in [-0.15, -0.1) is 0 Å². The van der Waals surface area contributed by atoms with Gasteiger partial charge in [0.2, 0.25) is 5.91 Å². The maximum absolute atomic E-state index is 12.3. The lowest BCUT2D eigenvalue weighted by atomic mass is 10.0. The predicted octanol–water partition coefficient (Wildman–Crippen LogP) is 1.70. The number of rotatable bonds is 2. The van der Waals surface area contributed by atoms with Gasteiger partial charge in [0.25, 0.3) is 0 Å². The van der Waals surface area contributed by atoms with E-state index >= 15 is 0 Å². The number of anilines is 1. The van der Waals surface area contributed by atoms with E-state index in [0.717, 1.165) is 12.1 Å². The number of halogens is 3. The second-order valence-corrected chi connectivity index (χ2v) is 2.98. The van der Waals surface area contributed by atoms with Gasteiger partial charge in [-0.3, -0.25) is 4.79 Å². The SMILES string of the molecule is BCC(=O)Nc1cccc(C(F)(F)F)c1. The average molecular weight is 215 g/mol. The number of benzene rings is 1. The molecule has 0 aliphatic rings. The van der Waals surface area contributed by atoms with Crippen LogP contribution in [-0.2, 0) is 11.0 Å². The summed E-state index contributed by atoms with van der Waals surface area (Å²) in [5.41, 5.74) is -0.604. The van der Waals surface area contributed by atoms with Crippen molar-refractivity contribution in [3.63, 3.8) is 0 Å². The Balaban J connectivity index is 2.88. The molecule has 1 aromatic carbocycles. The van der Waals surface area contributed by atoms with Crippen molar-refractivity contribution >= 4 is 19.4 Å². The zero-order valence-corrected chi connectivity index (χ0v) is 8.06. The molecule has 6 heteroatoms. The van der Waals surface area contributed by atoms with E-state index in [2.05, 4.69) is 5.32 Å². The second kappa shape index (κ2) is 4.38. The van der Waals surface area contributed by atoms with Crippen LogP contribution in [0.5, 0.6) is 0 Å². The van der Waals surface area contributed by atoms with E-state index in [9.17, 15) is 18.0 Å². The van der Waals surface area contributed by atoms with Crippen LogP contribution in [0, 0.1) is 0 Å². The number of hydrogen-bond donors (Lipinski definition) is 1. The molecule has 0 bridgehead atoms. The molecule has 0 heterocycles. The molecule has 0 saturated heterocycles. The summed E-state index contributed by atoms with van der Waals surface area (Å²) in [5, 5.41) is 2.37. The van der Waals surface area contributed by atoms with E-state index in [4.69, 9.17) is 0 Å². The van der Waals surface area contributed by atoms with Crippen molar-refractivity contribution in [1.29, 1.82) is 0 Å². The molecule has 0 aromatic heterocycles. The van der Waals surface area contributed by atoms with E-state index in [1.54, 1.807) is 7.85 Å². The molecule has 1 N–H and O–H groups in total. The van der Waals surface area contributed by atoms with E-state index < -0.39 is 11.7 Å². The van der Waals surface area contributed by atoms with Crippen molar-refractivity contribution in [2.45, 2.75) is 12.5 Å². The molecular formula is C9H9BF3NO. The van der Waals surface area contributed by atoms with Crippen molar-refractivity contribution in [2.24, 2.45) is 0 Å². The third-order valence-corrected chi connectivity index (χ3v) is 1.79. The Bertz CT molecular complexity index is 365. The first-order chi connectivity index (χ1) is 6.93. The van der Waals surface area contributed by atoms with Gasteiger partial charge in [0, 0.05) is 5.69 Å². The Hall–Kier alpha value is -1.46. The Kier molecular flexibility index (Phi) is 3.39. The third-order valence-electron chi connectivity index (χ3n) is 1.79. The fourth-order valence-electron chi connectivity index (χ4n) is 1.02. The van der Waals surface area contributed by atoms with Crippen molar-refractivity contribution in [2.75, 3.05) is 5.32 Å². The standard InChI is InChI=1S/C9H9BF3NO/c10-5-8(15)14-7-3-1-2-6(4-7)9(11,12)13/h1-4H,5,10H2,(H,14,15). The van der Waals surface area contributed by atoms with Crippen LogP contribution < -0.4 is 5.32 Å².